The molecule has 0 atom stereocenters. The molecular weight excluding hydrogens is 308 g/mol. The quantitative estimate of drug-likeness (QED) is 0.519. The fraction of sp³-hybridized carbons (Fsp3) is 0.130. The largest absolute Gasteiger partial charge is 0.289 e. The predicted molar refractivity (Wildman–Crippen MR) is 99.3 cm³/mol. The molecule has 2 heteroatoms. The molecule has 0 radical (unpaired) electrons. The molecule has 0 bridgehead atoms. The molecule has 0 unspecified atom stereocenters. The van der Waals surface area contributed by atoms with Gasteiger partial charge in [0, 0.05) is 22.3 Å². The summed E-state index contributed by atoms with van der Waals surface area (Å²) in [6.07, 6.45) is 0.812. The van der Waals surface area contributed by atoms with Crippen LogP contribution < -0.4 is 0 Å². The van der Waals surface area contributed by atoms with Gasteiger partial charge in [-0.3, -0.25) is 9.59 Å². The van der Waals surface area contributed by atoms with Gasteiger partial charge in [-0.25, -0.2) is 0 Å². The van der Waals surface area contributed by atoms with Gasteiger partial charge in [-0.15, -0.1) is 0 Å². The van der Waals surface area contributed by atoms with Crippen LogP contribution >= 0.6 is 0 Å². The van der Waals surface area contributed by atoms with Crippen molar-refractivity contribution in [2.24, 2.45) is 0 Å². The lowest BCUT2D eigenvalue weighted by Gasteiger charge is -2.24. The number of carbonyl (C=O) groups is 2. The van der Waals surface area contributed by atoms with Crippen LogP contribution in [0, 0.1) is 6.92 Å². The standard InChI is InChI=1S/C23H18O2/c1-3-16-14(2)13-19-21(20(16)15-9-5-4-6-10-15)23(25)18-12-8-7-11-17(18)22(19)24/h4-13H,3H2,1-2H3. The van der Waals surface area contributed by atoms with Gasteiger partial charge in [0.25, 0.3) is 0 Å². The number of aryl methyl sites for hydroxylation is 1. The van der Waals surface area contributed by atoms with E-state index in [0.29, 0.717) is 22.3 Å². The zero-order valence-electron chi connectivity index (χ0n) is 14.3. The van der Waals surface area contributed by atoms with E-state index in [0.717, 1.165) is 28.7 Å². The molecule has 0 fully saturated rings. The van der Waals surface area contributed by atoms with Crippen molar-refractivity contribution in [3.8, 4) is 11.1 Å². The minimum Gasteiger partial charge on any atom is -0.289 e. The number of hydrogen-bond donors (Lipinski definition) is 0. The van der Waals surface area contributed by atoms with Gasteiger partial charge in [0.15, 0.2) is 11.6 Å². The Morgan fingerprint density at radius 2 is 1.32 bits per heavy atom. The minimum atomic E-state index is -0.0619. The van der Waals surface area contributed by atoms with Gasteiger partial charge < -0.3 is 0 Å². The van der Waals surface area contributed by atoms with E-state index in [4.69, 9.17) is 0 Å². The second kappa shape index (κ2) is 5.82. The van der Waals surface area contributed by atoms with Crippen molar-refractivity contribution in [1.82, 2.24) is 0 Å². The zero-order chi connectivity index (χ0) is 17.6. The first-order chi connectivity index (χ1) is 12.1. The molecule has 0 N–H and O–H groups in total. The minimum absolute atomic E-state index is 0.0567. The summed E-state index contributed by atoms with van der Waals surface area (Å²) in [6, 6.07) is 18.9. The van der Waals surface area contributed by atoms with Crippen LogP contribution in [0.2, 0.25) is 0 Å². The van der Waals surface area contributed by atoms with Gasteiger partial charge in [-0.1, -0.05) is 61.5 Å². The van der Waals surface area contributed by atoms with Crippen LogP contribution in [0.1, 0.15) is 49.9 Å². The average molecular weight is 326 g/mol. The van der Waals surface area contributed by atoms with Gasteiger partial charge in [-0.05, 0) is 41.7 Å². The molecule has 0 spiro atoms. The first-order valence-corrected chi connectivity index (χ1v) is 8.53. The van der Waals surface area contributed by atoms with Gasteiger partial charge >= 0.3 is 0 Å². The highest BCUT2D eigenvalue weighted by Gasteiger charge is 2.33. The third-order valence-electron chi connectivity index (χ3n) is 4.96. The Bertz CT molecular complexity index is 1010. The van der Waals surface area contributed by atoms with Crippen molar-refractivity contribution >= 4 is 11.6 Å². The molecule has 122 valence electrons. The SMILES string of the molecule is CCc1c(C)cc2c(c1-c1ccccc1)C(=O)c1ccccc1C2=O. The van der Waals surface area contributed by atoms with E-state index in [2.05, 4.69) is 6.92 Å². The number of hydrogen-bond acceptors (Lipinski definition) is 2. The molecule has 25 heavy (non-hydrogen) atoms. The number of carbonyl (C=O) groups excluding carboxylic acids is 2. The van der Waals surface area contributed by atoms with Crippen LogP contribution in [0.3, 0.4) is 0 Å². The van der Waals surface area contributed by atoms with Crippen molar-refractivity contribution in [3.63, 3.8) is 0 Å². The molecule has 0 heterocycles. The van der Waals surface area contributed by atoms with Crippen molar-refractivity contribution < 1.29 is 9.59 Å². The molecule has 2 nitrogen and oxygen atoms in total. The molecule has 0 aromatic heterocycles. The normalized spacial score (nSPS) is 12.7. The summed E-state index contributed by atoms with van der Waals surface area (Å²) in [5.41, 5.74) is 6.16. The molecule has 1 aliphatic rings. The van der Waals surface area contributed by atoms with E-state index in [1.807, 2.05) is 49.4 Å². The van der Waals surface area contributed by atoms with Crippen molar-refractivity contribution in [2.45, 2.75) is 20.3 Å². The van der Waals surface area contributed by atoms with Gasteiger partial charge in [-0.2, -0.15) is 0 Å². The van der Waals surface area contributed by atoms with Crippen molar-refractivity contribution in [1.29, 1.82) is 0 Å². The fourth-order valence-electron chi connectivity index (χ4n) is 3.81. The lowest BCUT2D eigenvalue weighted by molar-refractivity contribution is 0.0979. The van der Waals surface area contributed by atoms with Crippen LogP contribution in [-0.2, 0) is 6.42 Å². The molecule has 0 aliphatic heterocycles. The smallest absolute Gasteiger partial charge is 0.195 e. The van der Waals surface area contributed by atoms with Crippen LogP contribution in [0.4, 0.5) is 0 Å². The Morgan fingerprint density at radius 1 is 0.720 bits per heavy atom. The second-order valence-corrected chi connectivity index (χ2v) is 6.39. The number of fused-ring (bicyclic) bond motifs is 2. The third-order valence-corrected chi connectivity index (χ3v) is 4.96. The fourth-order valence-corrected chi connectivity index (χ4v) is 3.81. The maximum atomic E-state index is 13.3. The van der Waals surface area contributed by atoms with Gasteiger partial charge in [0.1, 0.15) is 0 Å². The second-order valence-electron chi connectivity index (χ2n) is 6.39. The molecule has 0 saturated heterocycles. The molecule has 3 aromatic carbocycles. The summed E-state index contributed by atoms with van der Waals surface area (Å²) in [6.45, 7) is 4.11. The molecule has 3 aromatic rings. The Balaban J connectivity index is 2.11. The first kappa shape index (κ1) is 15.5. The van der Waals surface area contributed by atoms with Crippen LogP contribution in [-0.4, -0.2) is 11.6 Å². The van der Waals surface area contributed by atoms with E-state index >= 15 is 0 Å². The highest BCUT2D eigenvalue weighted by atomic mass is 16.1. The maximum Gasteiger partial charge on any atom is 0.195 e. The van der Waals surface area contributed by atoms with Crippen molar-refractivity contribution in [2.75, 3.05) is 0 Å². The Morgan fingerprint density at radius 3 is 1.96 bits per heavy atom. The Labute approximate surface area is 147 Å². The Kier molecular flexibility index (Phi) is 3.61. The summed E-state index contributed by atoms with van der Waals surface area (Å²) >= 11 is 0. The summed E-state index contributed by atoms with van der Waals surface area (Å²) in [4.78, 5) is 26.3. The topological polar surface area (TPSA) is 34.1 Å². The summed E-state index contributed by atoms with van der Waals surface area (Å²) in [5.74, 6) is -0.119. The van der Waals surface area contributed by atoms with Crippen LogP contribution in [0.5, 0.6) is 0 Å². The van der Waals surface area contributed by atoms with Gasteiger partial charge in [0.05, 0.1) is 0 Å². The van der Waals surface area contributed by atoms with Crippen LogP contribution in [0.25, 0.3) is 11.1 Å². The van der Waals surface area contributed by atoms with Crippen LogP contribution in [0.15, 0.2) is 60.7 Å². The number of benzene rings is 3. The Hall–Kier alpha value is -3.00. The summed E-state index contributed by atoms with van der Waals surface area (Å²) < 4.78 is 0. The predicted octanol–water partition coefficient (Wildman–Crippen LogP) is 5.00. The van der Waals surface area contributed by atoms with E-state index in [1.54, 1.807) is 18.2 Å². The third kappa shape index (κ3) is 2.25. The monoisotopic (exact) mass is 326 g/mol. The first-order valence-electron chi connectivity index (χ1n) is 8.53. The average Bonchev–Trinajstić information content (AvgIpc) is 2.66. The molecule has 0 amide bonds. The molecule has 1 aliphatic carbocycles. The van der Waals surface area contributed by atoms with E-state index < -0.39 is 0 Å². The zero-order valence-corrected chi connectivity index (χ0v) is 14.3. The van der Waals surface area contributed by atoms with Crippen molar-refractivity contribution in [3.05, 3.63) is 94.0 Å². The van der Waals surface area contributed by atoms with Gasteiger partial charge in [0.2, 0.25) is 0 Å². The number of rotatable bonds is 2. The lowest BCUT2D eigenvalue weighted by atomic mass is 9.77. The van der Waals surface area contributed by atoms with E-state index in [1.165, 1.54) is 0 Å². The molecular formula is C23H18O2. The lowest BCUT2D eigenvalue weighted by Crippen LogP contribution is -2.23. The highest BCUT2D eigenvalue weighted by Crippen LogP contribution is 2.38. The number of ketones is 2. The highest BCUT2D eigenvalue weighted by molar-refractivity contribution is 6.30. The molecule has 4 rings (SSSR count). The summed E-state index contributed by atoms with van der Waals surface area (Å²) in [7, 11) is 0. The van der Waals surface area contributed by atoms with E-state index in [9.17, 15) is 9.59 Å². The summed E-state index contributed by atoms with van der Waals surface area (Å²) in [5, 5.41) is 0. The van der Waals surface area contributed by atoms with E-state index in [-0.39, 0.29) is 11.6 Å². The maximum absolute atomic E-state index is 13.3. The molecule has 0 saturated carbocycles.